The van der Waals surface area contributed by atoms with Crippen molar-refractivity contribution in [1.29, 1.82) is 0 Å². The summed E-state index contributed by atoms with van der Waals surface area (Å²) < 4.78 is 5.13. The third kappa shape index (κ3) is 5.46. The van der Waals surface area contributed by atoms with Crippen molar-refractivity contribution >= 4 is 0 Å². The molecule has 0 bridgehead atoms. The van der Waals surface area contributed by atoms with Crippen molar-refractivity contribution in [2.75, 3.05) is 13.7 Å². The largest absolute Gasteiger partial charge is 0.381 e. The molecule has 1 heteroatoms. The van der Waals surface area contributed by atoms with Gasteiger partial charge in [0, 0.05) is 7.11 Å². The van der Waals surface area contributed by atoms with E-state index >= 15 is 0 Å². The van der Waals surface area contributed by atoms with Crippen LogP contribution in [-0.4, -0.2) is 13.7 Å². The summed E-state index contributed by atoms with van der Waals surface area (Å²) in [4.78, 5) is 0. The van der Waals surface area contributed by atoms with Gasteiger partial charge in [0.05, 0.1) is 6.61 Å². The fourth-order valence-electron chi connectivity index (χ4n) is 5.32. The monoisotopic (exact) mass is 354 g/mol. The molecule has 0 aromatic heterocycles. The van der Waals surface area contributed by atoms with Gasteiger partial charge >= 0.3 is 0 Å². The number of allylic oxidation sites excluding steroid dienone is 1. The second-order valence-electron chi connectivity index (χ2n) is 8.66. The Bertz CT molecular complexity index is 528. The number of hydrogen-bond acceptors (Lipinski definition) is 1. The first-order valence-corrected chi connectivity index (χ1v) is 11.0. The molecule has 0 saturated heterocycles. The lowest BCUT2D eigenvalue weighted by Crippen LogP contribution is -2.25. The molecule has 0 aliphatic heterocycles. The van der Waals surface area contributed by atoms with Crippen LogP contribution in [0.25, 0.3) is 0 Å². The van der Waals surface area contributed by atoms with Gasteiger partial charge in [-0.2, -0.15) is 0 Å². The van der Waals surface area contributed by atoms with Crippen molar-refractivity contribution in [2.45, 2.75) is 77.0 Å². The van der Waals surface area contributed by atoms with Gasteiger partial charge in [0.2, 0.25) is 0 Å². The Balaban J connectivity index is 1.42. The molecule has 2 fully saturated rings. The van der Waals surface area contributed by atoms with Gasteiger partial charge in [0.25, 0.3) is 0 Å². The van der Waals surface area contributed by atoms with E-state index in [9.17, 15) is 0 Å². The third-order valence-electron chi connectivity index (χ3n) is 6.92. The average molecular weight is 355 g/mol. The molecule has 0 spiro atoms. The van der Waals surface area contributed by atoms with Gasteiger partial charge in [0.15, 0.2) is 0 Å². The first kappa shape index (κ1) is 19.7. The first-order chi connectivity index (χ1) is 12.8. The predicted molar refractivity (Wildman–Crippen MR) is 112 cm³/mol. The molecule has 3 rings (SSSR count). The number of benzene rings is 1. The van der Waals surface area contributed by atoms with E-state index in [4.69, 9.17) is 4.74 Å². The highest BCUT2D eigenvalue weighted by molar-refractivity contribution is 5.26. The SMILES string of the molecule is CCCc1ccc(C2CCC([C@H]3CC[C@H](/C=C/COC)CC3)CC2)cc1. The first-order valence-electron chi connectivity index (χ1n) is 11.0. The highest BCUT2D eigenvalue weighted by Gasteiger charge is 2.30. The molecule has 1 aromatic carbocycles. The van der Waals surface area contributed by atoms with Crippen LogP contribution in [0.2, 0.25) is 0 Å². The Labute approximate surface area is 161 Å². The molecule has 0 heterocycles. The van der Waals surface area contributed by atoms with E-state index in [-0.39, 0.29) is 0 Å². The van der Waals surface area contributed by atoms with E-state index in [1.165, 1.54) is 69.8 Å². The van der Waals surface area contributed by atoms with Crippen LogP contribution in [0, 0.1) is 17.8 Å². The summed E-state index contributed by atoms with van der Waals surface area (Å²) in [6.07, 6.45) is 18.5. The summed E-state index contributed by atoms with van der Waals surface area (Å²) in [6.45, 7) is 3.03. The lowest BCUT2D eigenvalue weighted by atomic mass is 9.68. The zero-order chi connectivity index (χ0) is 18.2. The van der Waals surface area contributed by atoms with Crippen LogP contribution < -0.4 is 0 Å². The molecule has 1 nitrogen and oxygen atoms in total. The van der Waals surface area contributed by atoms with Crippen LogP contribution in [-0.2, 0) is 11.2 Å². The Hall–Kier alpha value is -1.08. The van der Waals surface area contributed by atoms with Crippen molar-refractivity contribution in [3.8, 4) is 0 Å². The molecule has 0 N–H and O–H groups in total. The van der Waals surface area contributed by atoms with Gasteiger partial charge in [0.1, 0.15) is 0 Å². The molecule has 2 saturated carbocycles. The molecule has 26 heavy (non-hydrogen) atoms. The zero-order valence-electron chi connectivity index (χ0n) is 17.0. The van der Waals surface area contributed by atoms with E-state index in [1.807, 2.05) is 0 Å². The minimum absolute atomic E-state index is 0.767. The maximum Gasteiger partial charge on any atom is 0.0643 e. The number of ether oxygens (including phenoxy) is 1. The van der Waals surface area contributed by atoms with Gasteiger partial charge in [-0.25, -0.2) is 0 Å². The average Bonchev–Trinajstić information content (AvgIpc) is 2.70. The van der Waals surface area contributed by atoms with Crippen molar-refractivity contribution in [1.82, 2.24) is 0 Å². The van der Waals surface area contributed by atoms with Gasteiger partial charge in [-0.1, -0.05) is 49.8 Å². The van der Waals surface area contributed by atoms with Crippen LogP contribution in [0.15, 0.2) is 36.4 Å². The van der Waals surface area contributed by atoms with E-state index in [0.29, 0.717) is 0 Å². The summed E-state index contributed by atoms with van der Waals surface area (Å²) in [5, 5.41) is 0. The molecule has 1 aromatic rings. The minimum atomic E-state index is 0.767. The van der Waals surface area contributed by atoms with Crippen LogP contribution in [0.1, 0.15) is 81.8 Å². The van der Waals surface area contributed by atoms with E-state index in [0.717, 1.165) is 30.3 Å². The number of hydrogen-bond donors (Lipinski definition) is 0. The fraction of sp³-hybridized carbons (Fsp3) is 0.680. The Morgan fingerprint density at radius 1 is 0.885 bits per heavy atom. The summed E-state index contributed by atoms with van der Waals surface area (Å²) in [5.74, 6) is 3.61. The zero-order valence-corrected chi connectivity index (χ0v) is 17.0. The smallest absolute Gasteiger partial charge is 0.0643 e. The Morgan fingerprint density at radius 2 is 1.50 bits per heavy atom. The van der Waals surface area contributed by atoms with E-state index < -0.39 is 0 Å². The van der Waals surface area contributed by atoms with Gasteiger partial charge < -0.3 is 4.74 Å². The second kappa shape index (κ2) is 10.3. The van der Waals surface area contributed by atoms with Crippen molar-refractivity contribution in [3.63, 3.8) is 0 Å². The second-order valence-corrected chi connectivity index (χ2v) is 8.66. The summed E-state index contributed by atoms with van der Waals surface area (Å²) in [7, 11) is 1.77. The quantitative estimate of drug-likeness (QED) is 0.483. The molecular weight excluding hydrogens is 316 g/mol. The van der Waals surface area contributed by atoms with Gasteiger partial charge in [-0.3, -0.25) is 0 Å². The van der Waals surface area contributed by atoms with E-state index in [2.05, 4.69) is 43.3 Å². The van der Waals surface area contributed by atoms with Crippen molar-refractivity contribution < 1.29 is 4.74 Å². The summed E-state index contributed by atoms with van der Waals surface area (Å²) in [6, 6.07) is 9.55. The number of methoxy groups -OCH3 is 1. The van der Waals surface area contributed by atoms with E-state index in [1.54, 1.807) is 12.7 Å². The topological polar surface area (TPSA) is 9.23 Å². The van der Waals surface area contributed by atoms with Crippen LogP contribution in [0.3, 0.4) is 0 Å². The number of rotatable bonds is 7. The summed E-state index contributed by atoms with van der Waals surface area (Å²) in [5.41, 5.74) is 3.09. The normalized spacial score (nSPS) is 29.9. The van der Waals surface area contributed by atoms with Gasteiger partial charge in [-0.15, -0.1) is 0 Å². The number of aryl methyl sites for hydroxylation is 1. The van der Waals surface area contributed by atoms with Crippen molar-refractivity contribution in [3.05, 3.63) is 47.5 Å². The molecule has 0 atom stereocenters. The maximum atomic E-state index is 5.13. The molecular formula is C25H38O. The minimum Gasteiger partial charge on any atom is -0.381 e. The van der Waals surface area contributed by atoms with Crippen LogP contribution in [0.4, 0.5) is 0 Å². The highest BCUT2D eigenvalue weighted by atomic mass is 16.5. The lowest BCUT2D eigenvalue weighted by Gasteiger charge is -2.37. The molecule has 144 valence electrons. The molecule has 0 radical (unpaired) electrons. The maximum absolute atomic E-state index is 5.13. The fourth-order valence-corrected chi connectivity index (χ4v) is 5.32. The molecule has 0 unspecified atom stereocenters. The predicted octanol–water partition coefficient (Wildman–Crippen LogP) is 6.92. The highest BCUT2D eigenvalue weighted by Crippen LogP contribution is 2.44. The Kier molecular flexibility index (Phi) is 7.80. The standard InChI is InChI=1S/C25H38O/c1-3-5-20-7-11-22(12-8-20)24-15-17-25(18-16-24)23-13-9-21(10-14-23)6-4-19-26-2/h4,6-8,11-12,21,23-25H,3,5,9-10,13-19H2,1-2H3/b6-4+/t21-,23-,24?,25?. The molecule has 2 aliphatic carbocycles. The van der Waals surface area contributed by atoms with Crippen LogP contribution >= 0.6 is 0 Å². The lowest BCUT2D eigenvalue weighted by molar-refractivity contribution is 0.171. The molecule has 2 aliphatic rings. The Morgan fingerprint density at radius 3 is 2.08 bits per heavy atom. The molecule has 0 amide bonds. The van der Waals surface area contributed by atoms with Crippen molar-refractivity contribution in [2.24, 2.45) is 17.8 Å². The third-order valence-corrected chi connectivity index (χ3v) is 6.92. The van der Waals surface area contributed by atoms with Crippen LogP contribution in [0.5, 0.6) is 0 Å². The van der Waals surface area contributed by atoms with Gasteiger partial charge in [-0.05, 0) is 92.6 Å². The summed E-state index contributed by atoms with van der Waals surface area (Å²) >= 11 is 0.